The molecule has 0 aromatic heterocycles. The molecule has 0 radical (unpaired) electrons. The average Bonchev–Trinajstić information content (AvgIpc) is 2.82. The Morgan fingerprint density at radius 3 is 1.57 bits per heavy atom. The van der Waals surface area contributed by atoms with Gasteiger partial charge in [0.25, 0.3) is 0 Å². The smallest absolute Gasteiger partial charge is 0.0462 e. The van der Waals surface area contributed by atoms with Gasteiger partial charge < -0.3 is 4.90 Å². The lowest BCUT2D eigenvalue weighted by atomic mass is 10.1. The van der Waals surface area contributed by atoms with Gasteiger partial charge in [0.05, 0.1) is 0 Å². The van der Waals surface area contributed by atoms with Gasteiger partial charge in [0.2, 0.25) is 0 Å². The van der Waals surface area contributed by atoms with E-state index in [1.807, 2.05) is 18.2 Å². The number of hydrogen-bond acceptors (Lipinski definition) is 1. The van der Waals surface area contributed by atoms with Crippen LogP contribution in [0, 0.1) is 0 Å². The van der Waals surface area contributed by atoms with Gasteiger partial charge in [-0.05, 0) is 60.0 Å². The maximum absolute atomic E-state index is 2.27. The first-order chi connectivity index (χ1) is 14.8. The third kappa shape index (κ3) is 4.76. The van der Waals surface area contributed by atoms with E-state index in [9.17, 15) is 0 Å². The van der Waals surface area contributed by atoms with Gasteiger partial charge in [-0.1, -0.05) is 97.1 Å². The summed E-state index contributed by atoms with van der Waals surface area (Å²) in [6.45, 7) is 2.14. The second-order valence-corrected chi connectivity index (χ2v) is 7.17. The van der Waals surface area contributed by atoms with E-state index in [-0.39, 0.29) is 0 Å². The Morgan fingerprint density at radius 2 is 1.03 bits per heavy atom. The molecule has 4 aromatic carbocycles. The summed E-state index contributed by atoms with van der Waals surface area (Å²) in [5, 5.41) is 0. The molecule has 30 heavy (non-hydrogen) atoms. The van der Waals surface area contributed by atoms with Crippen LogP contribution in [0.25, 0.3) is 11.6 Å². The standard InChI is InChI=1S/C29H25N/c1-24(26-14-5-2-6-15-26)12-11-13-25-20-22-29(23-21-25)30(27-16-7-3-8-17-27)28-18-9-4-10-19-28/h2-23H,1H3/b13-11+,24-12+. The molecule has 0 fully saturated rings. The normalized spacial score (nSPS) is 11.6. The summed E-state index contributed by atoms with van der Waals surface area (Å²) >= 11 is 0. The van der Waals surface area contributed by atoms with Crippen LogP contribution in [0.3, 0.4) is 0 Å². The van der Waals surface area contributed by atoms with Crippen LogP contribution in [0.4, 0.5) is 17.1 Å². The van der Waals surface area contributed by atoms with Crippen LogP contribution < -0.4 is 4.90 Å². The predicted octanol–water partition coefficient (Wildman–Crippen LogP) is 8.27. The summed E-state index contributed by atoms with van der Waals surface area (Å²) in [5.74, 6) is 0. The molecule has 0 aliphatic rings. The summed E-state index contributed by atoms with van der Waals surface area (Å²) in [4.78, 5) is 2.27. The number of hydrogen-bond donors (Lipinski definition) is 0. The highest BCUT2D eigenvalue weighted by Gasteiger charge is 2.11. The van der Waals surface area contributed by atoms with Gasteiger partial charge in [-0.3, -0.25) is 0 Å². The van der Waals surface area contributed by atoms with Crippen LogP contribution in [0.5, 0.6) is 0 Å². The second kappa shape index (κ2) is 9.58. The minimum Gasteiger partial charge on any atom is -0.311 e. The first-order valence-electron chi connectivity index (χ1n) is 10.2. The number of rotatable bonds is 6. The van der Waals surface area contributed by atoms with E-state index in [0.717, 1.165) is 17.1 Å². The quantitative estimate of drug-likeness (QED) is 0.301. The molecule has 0 aliphatic carbocycles. The summed E-state index contributed by atoms with van der Waals surface area (Å²) in [6, 6.07) is 40.1. The molecule has 4 rings (SSSR count). The van der Waals surface area contributed by atoms with Gasteiger partial charge in [0.1, 0.15) is 0 Å². The lowest BCUT2D eigenvalue weighted by molar-refractivity contribution is 1.28. The van der Waals surface area contributed by atoms with Gasteiger partial charge in [-0.2, -0.15) is 0 Å². The largest absolute Gasteiger partial charge is 0.311 e. The molecule has 0 heterocycles. The maximum atomic E-state index is 2.27. The van der Waals surface area contributed by atoms with Crippen LogP contribution in [-0.2, 0) is 0 Å². The number of nitrogens with zero attached hydrogens (tertiary/aromatic N) is 1. The van der Waals surface area contributed by atoms with Crippen LogP contribution in [0.2, 0.25) is 0 Å². The predicted molar refractivity (Wildman–Crippen MR) is 130 cm³/mol. The molecule has 0 amide bonds. The third-order valence-corrected chi connectivity index (χ3v) is 5.04. The highest BCUT2D eigenvalue weighted by Crippen LogP contribution is 2.34. The van der Waals surface area contributed by atoms with Crippen molar-refractivity contribution in [2.75, 3.05) is 4.90 Å². The Bertz CT molecular complexity index is 1070. The number of benzene rings is 4. The Hall–Kier alpha value is -3.84. The molecule has 0 bridgehead atoms. The van der Waals surface area contributed by atoms with Gasteiger partial charge in [0, 0.05) is 17.1 Å². The van der Waals surface area contributed by atoms with E-state index in [4.69, 9.17) is 0 Å². The van der Waals surface area contributed by atoms with Crippen molar-refractivity contribution in [1.29, 1.82) is 0 Å². The first-order valence-corrected chi connectivity index (χ1v) is 10.2. The van der Waals surface area contributed by atoms with Gasteiger partial charge in [-0.15, -0.1) is 0 Å². The fourth-order valence-electron chi connectivity index (χ4n) is 3.44. The average molecular weight is 388 g/mol. The Morgan fingerprint density at radius 1 is 0.567 bits per heavy atom. The summed E-state index contributed by atoms with van der Waals surface area (Å²) in [6.07, 6.45) is 6.42. The topological polar surface area (TPSA) is 3.24 Å². The molecule has 0 unspecified atom stereocenters. The maximum Gasteiger partial charge on any atom is 0.0462 e. The van der Waals surface area contributed by atoms with Gasteiger partial charge in [0.15, 0.2) is 0 Å². The molecular weight excluding hydrogens is 362 g/mol. The SMILES string of the molecule is C/C(=C\C=C\c1ccc(N(c2ccccc2)c2ccccc2)cc1)c1ccccc1. The van der Waals surface area contributed by atoms with Gasteiger partial charge >= 0.3 is 0 Å². The fraction of sp³-hybridized carbons (Fsp3) is 0.0345. The van der Waals surface area contributed by atoms with Crippen LogP contribution in [0.1, 0.15) is 18.1 Å². The van der Waals surface area contributed by atoms with E-state index in [1.165, 1.54) is 16.7 Å². The Labute approximate surface area is 179 Å². The molecule has 146 valence electrons. The number of allylic oxidation sites excluding steroid dienone is 3. The fourth-order valence-corrected chi connectivity index (χ4v) is 3.44. The molecule has 0 saturated carbocycles. The first kappa shape index (κ1) is 19.5. The lowest BCUT2D eigenvalue weighted by Gasteiger charge is -2.25. The van der Waals surface area contributed by atoms with Crippen molar-refractivity contribution in [1.82, 2.24) is 0 Å². The van der Waals surface area contributed by atoms with Crippen molar-refractivity contribution in [2.24, 2.45) is 0 Å². The zero-order chi connectivity index (χ0) is 20.6. The van der Waals surface area contributed by atoms with Gasteiger partial charge in [-0.25, -0.2) is 0 Å². The van der Waals surface area contributed by atoms with Crippen LogP contribution in [-0.4, -0.2) is 0 Å². The molecule has 1 heteroatoms. The summed E-state index contributed by atoms with van der Waals surface area (Å²) in [5.41, 5.74) is 7.11. The molecular formula is C29H25N. The summed E-state index contributed by atoms with van der Waals surface area (Å²) < 4.78 is 0. The van der Waals surface area contributed by atoms with E-state index in [2.05, 4.69) is 127 Å². The van der Waals surface area contributed by atoms with Crippen LogP contribution in [0.15, 0.2) is 127 Å². The highest BCUT2D eigenvalue weighted by molar-refractivity contribution is 5.77. The molecule has 0 atom stereocenters. The number of para-hydroxylation sites is 2. The van der Waals surface area contributed by atoms with Crippen molar-refractivity contribution in [3.05, 3.63) is 139 Å². The summed E-state index contributed by atoms with van der Waals surface area (Å²) in [7, 11) is 0. The zero-order valence-corrected chi connectivity index (χ0v) is 17.1. The minimum atomic E-state index is 1.14. The minimum absolute atomic E-state index is 1.14. The van der Waals surface area contributed by atoms with Crippen molar-refractivity contribution in [3.63, 3.8) is 0 Å². The molecule has 4 aromatic rings. The highest BCUT2D eigenvalue weighted by atomic mass is 15.1. The monoisotopic (exact) mass is 387 g/mol. The molecule has 0 N–H and O–H groups in total. The van der Waals surface area contributed by atoms with E-state index >= 15 is 0 Å². The second-order valence-electron chi connectivity index (χ2n) is 7.17. The molecule has 0 spiro atoms. The zero-order valence-electron chi connectivity index (χ0n) is 17.1. The molecule has 0 saturated heterocycles. The van der Waals surface area contributed by atoms with E-state index < -0.39 is 0 Å². The molecule has 0 aliphatic heterocycles. The molecule has 1 nitrogen and oxygen atoms in total. The van der Waals surface area contributed by atoms with Crippen molar-refractivity contribution in [2.45, 2.75) is 6.92 Å². The lowest BCUT2D eigenvalue weighted by Crippen LogP contribution is -2.09. The third-order valence-electron chi connectivity index (χ3n) is 5.04. The van der Waals surface area contributed by atoms with E-state index in [0.29, 0.717) is 0 Å². The van der Waals surface area contributed by atoms with Crippen molar-refractivity contribution in [3.8, 4) is 0 Å². The van der Waals surface area contributed by atoms with Crippen molar-refractivity contribution < 1.29 is 0 Å². The van der Waals surface area contributed by atoms with Crippen LogP contribution >= 0.6 is 0 Å². The van der Waals surface area contributed by atoms with Crippen molar-refractivity contribution >= 4 is 28.7 Å². The Kier molecular flexibility index (Phi) is 6.22. The Balaban J connectivity index is 1.57. The van der Waals surface area contributed by atoms with E-state index in [1.54, 1.807) is 0 Å². The number of anilines is 3.